The maximum Gasteiger partial charge on any atom is 0.289 e. The monoisotopic (exact) mass is 387 g/mol. The van der Waals surface area contributed by atoms with Crippen molar-refractivity contribution in [2.45, 2.75) is 5.75 Å². The molecule has 0 aliphatic carbocycles. The highest BCUT2D eigenvalue weighted by Crippen LogP contribution is 2.28. The van der Waals surface area contributed by atoms with E-state index in [9.17, 15) is 18.5 Å². The van der Waals surface area contributed by atoms with Crippen molar-refractivity contribution in [1.29, 1.82) is 0 Å². The van der Waals surface area contributed by atoms with Crippen molar-refractivity contribution >= 4 is 33.1 Å². The highest BCUT2D eigenvalue weighted by atomic mass is 35.5. The van der Waals surface area contributed by atoms with Crippen LogP contribution in [-0.2, 0) is 15.8 Å². The zero-order valence-electron chi connectivity index (χ0n) is 12.9. The van der Waals surface area contributed by atoms with Crippen LogP contribution in [0.4, 0.5) is 11.5 Å². The van der Waals surface area contributed by atoms with Crippen LogP contribution in [0.2, 0.25) is 5.02 Å². The summed E-state index contributed by atoms with van der Waals surface area (Å²) in [4.78, 5) is 16.0. The molecule has 0 aromatic carbocycles. The fourth-order valence-corrected chi connectivity index (χ4v) is 4.23. The van der Waals surface area contributed by atoms with Gasteiger partial charge in [-0.25, -0.2) is 13.4 Å². The molecule has 0 amide bonds. The lowest BCUT2D eigenvalue weighted by atomic mass is 10.3. The number of halogens is 1. The number of pyridine rings is 1. The Morgan fingerprint density at radius 2 is 2.04 bits per heavy atom. The topological polar surface area (TPSA) is 123 Å². The molecule has 0 atom stereocenters. The number of piperazine rings is 1. The lowest BCUT2D eigenvalue weighted by Crippen LogP contribution is -2.49. The van der Waals surface area contributed by atoms with Gasteiger partial charge in [0, 0.05) is 38.3 Å². The molecule has 12 heteroatoms. The molecule has 3 heterocycles. The minimum absolute atomic E-state index is 0.160. The molecule has 134 valence electrons. The predicted molar refractivity (Wildman–Crippen MR) is 88.8 cm³/mol. The Balaban J connectivity index is 1.66. The standard InChI is InChI=1S/C13H14ClN5O5S/c14-12-7-11(19(20)21)8-15-13(12)17-2-4-18(5-3-17)25(22,23)9-10-1-6-24-16-10/h1,6-8H,2-5,9H2. The fraction of sp³-hybridized carbons (Fsp3) is 0.385. The number of rotatable bonds is 5. The molecule has 10 nitrogen and oxygen atoms in total. The van der Waals surface area contributed by atoms with Gasteiger partial charge in [0.15, 0.2) is 0 Å². The molecule has 2 aromatic rings. The molecule has 1 aliphatic heterocycles. The summed E-state index contributed by atoms with van der Waals surface area (Å²) in [5.41, 5.74) is 0.157. The van der Waals surface area contributed by atoms with Gasteiger partial charge in [-0.1, -0.05) is 16.8 Å². The Labute approximate surface area is 148 Å². The summed E-state index contributed by atoms with van der Waals surface area (Å²) in [6.07, 6.45) is 2.46. The second kappa shape index (κ2) is 6.94. The van der Waals surface area contributed by atoms with E-state index in [1.165, 1.54) is 22.7 Å². The minimum atomic E-state index is -3.50. The van der Waals surface area contributed by atoms with E-state index >= 15 is 0 Å². The van der Waals surface area contributed by atoms with E-state index in [-0.39, 0.29) is 29.6 Å². The fourth-order valence-electron chi connectivity index (χ4n) is 2.52. The van der Waals surface area contributed by atoms with E-state index in [2.05, 4.69) is 14.7 Å². The van der Waals surface area contributed by atoms with Crippen LogP contribution in [0.25, 0.3) is 0 Å². The number of hydrogen-bond acceptors (Lipinski definition) is 8. The molecule has 1 aliphatic rings. The summed E-state index contributed by atoms with van der Waals surface area (Å²) in [5.74, 6) is 0.181. The summed E-state index contributed by atoms with van der Waals surface area (Å²) in [6, 6.07) is 2.74. The summed E-state index contributed by atoms with van der Waals surface area (Å²) >= 11 is 6.07. The average molecular weight is 388 g/mol. The lowest BCUT2D eigenvalue weighted by molar-refractivity contribution is -0.385. The van der Waals surface area contributed by atoms with Crippen molar-refractivity contribution < 1.29 is 17.9 Å². The van der Waals surface area contributed by atoms with Gasteiger partial charge in [-0.3, -0.25) is 10.1 Å². The second-order valence-corrected chi connectivity index (χ2v) is 7.77. The molecular formula is C13H14ClN5O5S. The molecule has 1 fully saturated rings. The molecule has 0 bridgehead atoms. The SMILES string of the molecule is O=[N+]([O-])c1cnc(N2CCN(S(=O)(=O)Cc3ccon3)CC2)c(Cl)c1. The zero-order chi connectivity index (χ0) is 18.0. The summed E-state index contributed by atoms with van der Waals surface area (Å²) < 4.78 is 30.8. The number of sulfonamides is 1. The highest BCUT2D eigenvalue weighted by molar-refractivity contribution is 7.88. The van der Waals surface area contributed by atoms with Crippen molar-refractivity contribution in [2.24, 2.45) is 0 Å². The van der Waals surface area contributed by atoms with Crippen LogP contribution in [0.5, 0.6) is 0 Å². The first kappa shape index (κ1) is 17.6. The van der Waals surface area contributed by atoms with Crippen LogP contribution in [0.15, 0.2) is 29.1 Å². The first-order valence-electron chi connectivity index (χ1n) is 7.29. The van der Waals surface area contributed by atoms with Gasteiger partial charge >= 0.3 is 0 Å². The quantitative estimate of drug-likeness (QED) is 0.555. The first-order valence-corrected chi connectivity index (χ1v) is 9.27. The summed E-state index contributed by atoms with van der Waals surface area (Å²) in [6.45, 7) is 1.27. The third-order valence-corrected chi connectivity index (χ3v) is 5.86. The third-order valence-electron chi connectivity index (χ3n) is 3.77. The van der Waals surface area contributed by atoms with Gasteiger partial charge in [-0.2, -0.15) is 4.31 Å². The number of anilines is 1. The number of aromatic nitrogens is 2. The Morgan fingerprint density at radius 3 is 2.60 bits per heavy atom. The molecule has 3 rings (SSSR count). The number of nitro groups is 1. The van der Waals surface area contributed by atoms with E-state index in [0.29, 0.717) is 24.6 Å². The maximum absolute atomic E-state index is 12.4. The smallest absolute Gasteiger partial charge is 0.289 e. The largest absolute Gasteiger partial charge is 0.364 e. The van der Waals surface area contributed by atoms with Crippen molar-refractivity contribution in [3.8, 4) is 0 Å². The van der Waals surface area contributed by atoms with Crippen LogP contribution in [0.3, 0.4) is 0 Å². The normalized spacial score (nSPS) is 16.1. The molecule has 0 radical (unpaired) electrons. The third kappa shape index (κ3) is 3.89. The van der Waals surface area contributed by atoms with E-state index in [0.717, 1.165) is 6.20 Å². The molecule has 0 unspecified atom stereocenters. The molecule has 25 heavy (non-hydrogen) atoms. The van der Waals surface area contributed by atoms with E-state index < -0.39 is 14.9 Å². The van der Waals surface area contributed by atoms with E-state index in [1.54, 1.807) is 4.90 Å². The minimum Gasteiger partial charge on any atom is -0.364 e. The van der Waals surface area contributed by atoms with Crippen LogP contribution >= 0.6 is 11.6 Å². The van der Waals surface area contributed by atoms with Crippen molar-refractivity contribution in [3.05, 3.63) is 45.4 Å². The molecule has 0 spiro atoms. The number of hydrogen-bond donors (Lipinski definition) is 0. The maximum atomic E-state index is 12.4. The van der Waals surface area contributed by atoms with Crippen LogP contribution in [0, 0.1) is 10.1 Å². The second-order valence-electron chi connectivity index (χ2n) is 5.39. The Bertz CT molecular complexity index is 865. The van der Waals surface area contributed by atoms with Crippen molar-refractivity contribution in [2.75, 3.05) is 31.1 Å². The van der Waals surface area contributed by atoms with Crippen LogP contribution < -0.4 is 4.90 Å². The molecule has 2 aromatic heterocycles. The van der Waals surface area contributed by atoms with Gasteiger partial charge in [-0.15, -0.1) is 0 Å². The van der Waals surface area contributed by atoms with Gasteiger partial charge in [0.05, 0.1) is 15.6 Å². The van der Waals surface area contributed by atoms with Crippen LogP contribution in [0.1, 0.15) is 5.69 Å². The Morgan fingerprint density at radius 1 is 1.32 bits per heavy atom. The highest BCUT2D eigenvalue weighted by Gasteiger charge is 2.29. The molecular weight excluding hydrogens is 374 g/mol. The van der Waals surface area contributed by atoms with Gasteiger partial charge in [0.2, 0.25) is 10.0 Å². The zero-order valence-corrected chi connectivity index (χ0v) is 14.5. The average Bonchev–Trinajstić information content (AvgIpc) is 3.07. The molecule has 0 saturated carbocycles. The van der Waals surface area contributed by atoms with Crippen molar-refractivity contribution in [1.82, 2.24) is 14.4 Å². The Kier molecular flexibility index (Phi) is 4.88. The van der Waals surface area contributed by atoms with Gasteiger partial charge < -0.3 is 9.42 Å². The Hall–Kier alpha value is -2.24. The van der Waals surface area contributed by atoms with Gasteiger partial charge in [0.1, 0.15) is 24.0 Å². The first-order chi connectivity index (χ1) is 11.9. The van der Waals surface area contributed by atoms with Crippen LogP contribution in [-0.4, -0.2) is 54.0 Å². The predicted octanol–water partition coefficient (Wildman–Crippen LogP) is 1.28. The molecule has 1 saturated heterocycles. The lowest BCUT2D eigenvalue weighted by Gasteiger charge is -2.34. The van der Waals surface area contributed by atoms with E-state index in [4.69, 9.17) is 11.6 Å². The number of nitrogens with zero attached hydrogens (tertiary/aromatic N) is 5. The van der Waals surface area contributed by atoms with E-state index in [1.807, 2.05) is 0 Å². The van der Waals surface area contributed by atoms with Gasteiger partial charge in [0.25, 0.3) is 5.69 Å². The van der Waals surface area contributed by atoms with Crippen molar-refractivity contribution in [3.63, 3.8) is 0 Å². The summed E-state index contributed by atoms with van der Waals surface area (Å²) in [5, 5.41) is 14.5. The van der Waals surface area contributed by atoms with Gasteiger partial charge in [-0.05, 0) is 0 Å². The molecule has 0 N–H and O–H groups in total. The summed E-state index contributed by atoms with van der Waals surface area (Å²) in [7, 11) is -3.50.